The molecule has 1 fully saturated rings. The second kappa shape index (κ2) is 14.9. The average Bonchev–Trinajstić information content (AvgIpc) is 3.27. The van der Waals surface area contributed by atoms with E-state index in [4.69, 9.17) is 5.11 Å². The summed E-state index contributed by atoms with van der Waals surface area (Å²) in [7, 11) is 16.6. The highest BCUT2D eigenvalue weighted by atomic mass is 32.2. The predicted octanol–water partition coefficient (Wildman–Crippen LogP) is -5.57. The number of unbranched alkanes of at least 4 members (excludes halogenated alkanes) is 2. The smallest absolute Gasteiger partial charge is 0.303 e. The van der Waals surface area contributed by atoms with Crippen LogP contribution in [0.3, 0.4) is 0 Å². The highest BCUT2D eigenvalue weighted by molar-refractivity contribution is 8.03. The number of rotatable bonds is 17. The Morgan fingerprint density at radius 1 is 1.04 bits per heavy atom. The van der Waals surface area contributed by atoms with Crippen LogP contribution in [0.4, 0.5) is 0 Å². The summed E-state index contributed by atoms with van der Waals surface area (Å²) in [6, 6.07) is 0. The Kier molecular flexibility index (Phi) is 14.0. The van der Waals surface area contributed by atoms with E-state index >= 15 is 0 Å². The Labute approximate surface area is 155 Å². The van der Waals surface area contributed by atoms with Crippen molar-refractivity contribution < 1.29 is 9.90 Å². The normalized spacial score (nSPS) is 15.0. The van der Waals surface area contributed by atoms with Crippen LogP contribution in [0.2, 0.25) is 6.32 Å². The predicted molar refractivity (Wildman–Crippen MR) is 133 cm³/mol. The van der Waals surface area contributed by atoms with E-state index in [1.165, 1.54) is 89.1 Å². The monoisotopic (exact) mass is 318 g/mol. The van der Waals surface area contributed by atoms with Gasteiger partial charge in [0, 0.05) is 70.0 Å². The summed E-state index contributed by atoms with van der Waals surface area (Å²) in [4.78, 5) is 10.4. The third-order valence-electron chi connectivity index (χ3n) is 4.90. The maximum absolute atomic E-state index is 10.4. The van der Waals surface area contributed by atoms with Crippen molar-refractivity contribution in [3.63, 3.8) is 0 Å². The molecule has 1 unspecified atom stereocenters. The molecule has 1 rings (SSSR count). The fraction of sp³-hybridized carbons (Fsp3) is 0.875. The number of carboxylic acid groups (broad SMARTS) is 1. The van der Waals surface area contributed by atoms with Crippen molar-refractivity contribution in [1.82, 2.24) is 0 Å². The molecule has 0 aromatic carbocycles. The fourth-order valence-electron chi connectivity index (χ4n) is 3.23. The zero-order valence-corrected chi connectivity index (χ0v) is 16.0. The molecule has 0 spiro atoms. The highest BCUT2D eigenvalue weighted by Crippen LogP contribution is 2.34. The van der Waals surface area contributed by atoms with E-state index in [1.54, 1.807) is 0 Å². The fourth-order valence-corrected chi connectivity index (χ4v) is 4.70. The van der Waals surface area contributed by atoms with Gasteiger partial charge in [0.1, 0.15) is 6.60 Å². The molecule has 1 heterocycles. The zero-order chi connectivity index (χ0) is 16.8. The summed E-state index contributed by atoms with van der Waals surface area (Å²) in [5, 5.41) is 9.52. The van der Waals surface area contributed by atoms with Crippen molar-refractivity contribution in [2.75, 3.05) is 5.75 Å². The average molecular weight is 316 g/mol. The number of thioether (sulfide) groups is 1. The number of carbonyl (C=O) groups is 1. The first-order valence-electron chi connectivity index (χ1n) is 10.1. The van der Waals surface area contributed by atoms with E-state index in [0.717, 1.165) is 24.6 Å². The summed E-state index contributed by atoms with van der Waals surface area (Å²) < 4.78 is 0. The molecular formula is C8H26B12O2S. The second-order valence-corrected chi connectivity index (χ2v) is 8.57. The van der Waals surface area contributed by atoms with Gasteiger partial charge >= 0.3 is 5.97 Å². The molecular weight excluding hydrogens is 290 g/mol. The minimum Gasteiger partial charge on any atom is -0.481 e. The van der Waals surface area contributed by atoms with Gasteiger partial charge in [0.05, 0.1) is 14.8 Å². The van der Waals surface area contributed by atoms with Gasteiger partial charge in [0.2, 0.25) is 0 Å². The lowest BCUT2D eigenvalue weighted by atomic mass is 8.86. The molecule has 1 saturated heterocycles. The highest BCUT2D eigenvalue weighted by Gasteiger charge is 2.39. The molecule has 1 aliphatic rings. The van der Waals surface area contributed by atoms with Crippen LogP contribution in [0.1, 0.15) is 25.7 Å². The van der Waals surface area contributed by atoms with Gasteiger partial charge < -0.3 is 5.11 Å². The van der Waals surface area contributed by atoms with Gasteiger partial charge in [0.15, 0.2) is 0 Å². The molecule has 1 atom stereocenters. The molecule has 2 nitrogen and oxygen atoms in total. The van der Waals surface area contributed by atoms with Crippen molar-refractivity contribution in [1.29, 1.82) is 0 Å². The molecule has 0 saturated carbocycles. The molecule has 0 aromatic heterocycles. The molecule has 1 N–H and O–H groups in total. The van der Waals surface area contributed by atoms with Gasteiger partial charge in [-0.2, -0.15) is 11.8 Å². The summed E-state index contributed by atoms with van der Waals surface area (Å²) >= 11 is 2.14. The zero-order valence-electron chi connectivity index (χ0n) is 15.2. The molecule has 112 valence electrons. The van der Waals surface area contributed by atoms with Crippen LogP contribution in [0, 0.1) is 0 Å². The largest absolute Gasteiger partial charge is 0.481 e. The first kappa shape index (κ1) is 21.6. The Bertz CT molecular complexity index is 313. The van der Waals surface area contributed by atoms with Gasteiger partial charge in [-0.1, -0.05) is 12.7 Å². The van der Waals surface area contributed by atoms with Crippen molar-refractivity contribution in [2.45, 2.75) is 37.2 Å². The molecule has 1 aliphatic heterocycles. The van der Waals surface area contributed by atoms with E-state index in [0.29, 0.717) is 6.42 Å². The quantitative estimate of drug-likeness (QED) is 0.215. The second-order valence-electron chi connectivity index (χ2n) is 7.23. The molecule has 0 aliphatic carbocycles. The first-order valence-corrected chi connectivity index (χ1v) is 11.1. The van der Waals surface area contributed by atoms with Gasteiger partial charge in [-0.3, -0.25) is 4.79 Å². The number of carboxylic acids is 1. The van der Waals surface area contributed by atoms with Crippen molar-refractivity contribution in [3.8, 4) is 0 Å². The number of hydrogen-bond acceptors (Lipinski definition) is 2. The Morgan fingerprint density at radius 2 is 1.70 bits per heavy atom. The van der Waals surface area contributed by atoms with Crippen LogP contribution in [-0.2, 0) is 4.79 Å². The molecule has 15 heteroatoms. The number of aliphatic carboxylic acids is 1. The maximum atomic E-state index is 10.4. The lowest BCUT2D eigenvalue weighted by Gasteiger charge is -2.00. The standard InChI is InChI=1S/C8H26B12O2S/c9-10-11-12-13-14-15-16-17-18-19-20-6-7(20)23-5-3-1-2-4-8(21)22/h7,10-19H,1-6,9H2,(H,21,22). The minimum absolute atomic E-state index is 0.343. The molecule has 0 aromatic rings. The molecule has 23 heavy (non-hydrogen) atoms. The van der Waals surface area contributed by atoms with Crippen molar-refractivity contribution in [3.05, 3.63) is 0 Å². The van der Waals surface area contributed by atoms with Crippen LogP contribution >= 0.6 is 11.8 Å². The molecule has 0 amide bonds. The maximum Gasteiger partial charge on any atom is 0.303 e. The van der Waals surface area contributed by atoms with Crippen LogP contribution in [0.15, 0.2) is 0 Å². The minimum atomic E-state index is -0.652. The lowest BCUT2D eigenvalue weighted by Crippen LogP contribution is -2.34. The van der Waals surface area contributed by atoms with Crippen molar-refractivity contribution >= 4 is 103 Å². The van der Waals surface area contributed by atoms with Crippen LogP contribution in [-0.4, -0.2) is 107 Å². The first-order chi connectivity index (χ1) is 11.2. The third-order valence-corrected chi connectivity index (χ3v) is 6.43. The lowest BCUT2D eigenvalue weighted by molar-refractivity contribution is -0.137. The van der Waals surface area contributed by atoms with Crippen LogP contribution in [0.5, 0.6) is 0 Å². The van der Waals surface area contributed by atoms with Gasteiger partial charge in [0.25, 0.3) is 0 Å². The van der Waals surface area contributed by atoms with E-state index in [9.17, 15) is 4.79 Å². The summed E-state index contributed by atoms with van der Waals surface area (Å²) in [6.45, 7) is 1.00. The Hall–Kier alpha value is 0.599. The van der Waals surface area contributed by atoms with Crippen LogP contribution < -0.4 is 0 Å². The Balaban J connectivity index is 1.75. The Morgan fingerprint density at radius 3 is 2.35 bits per heavy atom. The van der Waals surface area contributed by atoms with Crippen LogP contribution in [0.25, 0.3) is 0 Å². The topological polar surface area (TPSA) is 37.3 Å². The van der Waals surface area contributed by atoms with Gasteiger partial charge in [-0.25, -0.2) is 0 Å². The van der Waals surface area contributed by atoms with E-state index in [-0.39, 0.29) is 0 Å². The van der Waals surface area contributed by atoms with Crippen molar-refractivity contribution in [2.24, 2.45) is 0 Å². The summed E-state index contributed by atoms with van der Waals surface area (Å²) in [6.07, 6.45) is 4.91. The number of hydrogen-bond donors (Lipinski definition) is 1. The SMILES string of the molecule is BBBBBBBBBBBB1CC1SCCCCCC(=O)O. The summed E-state index contributed by atoms with van der Waals surface area (Å²) in [5.74, 6) is 0.583. The molecule has 0 bridgehead atoms. The van der Waals surface area contributed by atoms with E-state index in [1.807, 2.05) is 0 Å². The molecule has 0 radical (unpaired) electrons. The van der Waals surface area contributed by atoms with E-state index in [2.05, 4.69) is 19.5 Å². The van der Waals surface area contributed by atoms with Gasteiger partial charge in [-0.05, 0) is 23.7 Å². The van der Waals surface area contributed by atoms with Gasteiger partial charge in [-0.15, -0.1) is 0 Å². The summed E-state index contributed by atoms with van der Waals surface area (Å²) in [5.41, 5.74) is 0. The third kappa shape index (κ3) is 13.6. The van der Waals surface area contributed by atoms with E-state index < -0.39 is 5.97 Å².